The third-order valence-electron chi connectivity index (χ3n) is 3.52. The highest BCUT2D eigenvalue weighted by atomic mass is 127. The predicted octanol–water partition coefficient (Wildman–Crippen LogP) is 4.99. The van der Waals surface area contributed by atoms with Gasteiger partial charge < -0.3 is 4.42 Å². The molecule has 0 radical (unpaired) electrons. The normalized spacial score (nSPS) is 10.9. The van der Waals surface area contributed by atoms with E-state index in [0.717, 1.165) is 3.57 Å². The van der Waals surface area contributed by atoms with Gasteiger partial charge in [0.15, 0.2) is 0 Å². The minimum Gasteiger partial charge on any atom is -0.455 e. The van der Waals surface area contributed by atoms with Crippen molar-refractivity contribution >= 4 is 56.3 Å². The molecule has 3 rings (SSSR count). The maximum Gasteiger partial charge on any atom is 0.271 e. The van der Waals surface area contributed by atoms with Gasteiger partial charge in [-0.2, -0.15) is 5.10 Å². The summed E-state index contributed by atoms with van der Waals surface area (Å²) < 4.78 is 7.23. The molecule has 0 unspecified atom stereocenters. The second-order valence-corrected chi connectivity index (χ2v) is 7.43. The highest BCUT2D eigenvalue weighted by Crippen LogP contribution is 2.32. The molecule has 0 aliphatic rings. The Kier molecular flexibility index (Phi) is 6.01. The summed E-state index contributed by atoms with van der Waals surface area (Å²) >= 11 is 5.47. The summed E-state index contributed by atoms with van der Waals surface area (Å²) in [5.41, 5.74) is 3.59. The van der Waals surface area contributed by atoms with Gasteiger partial charge in [0.05, 0.1) is 11.1 Å². The van der Waals surface area contributed by atoms with E-state index in [1.807, 2.05) is 12.1 Å². The van der Waals surface area contributed by atoms with Crippen LogP contribution < -0.4 is 5.43 Å². The number of amides is 1. The summed E-state index contributed by atoms with van der Waals surface area (Å²) in [5, 5.41) is 14.7. The molecule has 0 spiro atoms. The number of carbonyl (C=O) groups excluding carboxylic acids is 1. The zero-order chi connectivity index (χ0) is 19.4. The van der Waals surface area contributed by atoms with Crippen LogP contribution in [0.4, 0.5) is 5.69 Å². The largest absolute Gasteiger partial charge is 0.455 e. The van der Waals surface area contributed by atoms with E-state index in [2.05, 4.69) is 49.0 Å². The minimum absolute atomic E-state index is 0.0164. The van der Waals surface area contributed by atoms with Gasteiger partial charge in [0.2, 0.25) is 0 Å². The van der Waals surface area contributed by atoms with E-state index in [1.54, 1.807) is 30.3 Å². The maximum absolute atomic E-state index is 12.0. The van der Waals surface area contributed by atoms with Gasteiger partial charge in [-0.05, 0) is 81.0 Å². The number of nitro benzene ring substituents is 1. The highest BCUT2D eigenvalue weighted by molar-refractivity contribution is 14.1. The predicted molar refractivity (Wildman–Crippen MR) is 113 cm³/mol. The highest BCUT2D eigenvalue weighted by Gasteiger charge is 2.13. The summed E-state index contributed by atoms with van der Waals surface area (Å²) in [6, 6.07) is 14.9. The number of carbonyl (C=O) groups is 1. The molecule has 0 saturated heterocycles. The fourth-order valence-electron chi connectivity index (χ4n) is 2.20. The third-order valence-corrected chi connectivity index (χ3v) is 4.90. The molecule has 7 nitrogen and oxygen atoms in total. The molecular formula is C18H11BrIN3O4. The van der Waals surface area contributed by atoms with Crippen LogP contribution in [0.25, 0.3) is 11.3 Å². The van der Waals surface area contributed by atoms with Crippen molar-refractivity contribution in [1.29, 1.82) is 0 Å². The standard InChI is InChI=1S/C18H11BrIN3O4/c19-16-9-13(23(25)26)5-7-15(16)17-8-6-14(27-17)10-21-22-18(24)11-1-3-12(20)4-2-11/h1-10H,(H,22,24)/b21-10-. The molecule has 3 aromatic rings. The first kappa shape index (κ1) is 19.2. The maximum atomic E-state index is 12.0. The lowest BCUT2D eigenvalue weighted by Crippen LogP contribution is -2.17. The van der Waals surface area contributed by atoms with Crippen LogP contribution in [0.3, 0.4) is 0 Å². The number of nitrogens with zero attached hydrogens (tertiary/aromatic N) is 2. The molecule has 0 atom stereocenters. The number of benzene rings is 2. The number of hydrogen-bond acceptors (Lipinski definition) is 5. The topological polar surface area (TPSA) is 97.7 Å². The molecule has 0 fully saturated rings. The van der Waals surface area contributed by atoms with Crippen molar-refractivity contribution in [2.45, 2.75) is 0 Å². The second kappa shape index (κ2) is 8.44. The lowest BCUT2D eigenvalue weighted by Gasteiger charge is -2.01. The van der Waals surface area contributed by atoms with Crippen molar-refractivity contribution in [2.75, 3.05) is 0 Å². The molecule has 1 heterocycles. The lowest BCUT2D eigenvalue weighted by molar-refractivity contribution is -0.384. The Morgan fingerprint density at radius 2 is 1.93 bits per heavy atom. The molecule has 0 aliphatic carbocycles. The molecule has 136 valence electrons. The molecule has 0 bridgehead atoms. The molecule has 2 aromatic carbocycles. The summed E-state index contributed by atoms with van der Waals surface area (Å²) in [7, 11) is 0. The van der Waals surface area contributed by atoms with Gasteiger partial charge in [0.25, 0.3) is 11.6 Å². The van der Waals surface area contributed by atoms with Crippen LogP contribution in [-0.2, 0) is 0 Å². The summed E-state index contributed by atoms with van der Waals surface area (Å²) in [6.45, 7) is 0. The molecule has 9 heteroatoms. The molecule has 0 aliphatic heterocycles. The smallest absolute Gasteiger partial charge is 0.271 e. The number of hydrogen-bond donors (Lipinski definition) is 1. The fraction of sp³-hybridized carbons (Fsp3) is 0. The lowest BCUT2D eigenvalue weighted by atomic mass is 10.1. The fourth-order valence-corrected chi connectivity index (χ4v) is 3.13. The van der Waals surface area contributed by atoms with Crippen LogP contribution in [0, 0.1) is 13.7 Å². The zero-order valence-corrected chi connectivity index (χ0v) is 17.3. The van der Waals surface area contributed by atoms with Gasteiger partial charge in [-0.1, -0.05) is 0 Å². The van der Waals surface area contributed by atoms with Crippen LogP contribution in [-0.4, -0.2) is 17.0 Å². The molecule has 1 aromatic heterocycles. The van der Waals surface area contributed by atoms with E-state index in [9.17, 15) is 14.9 Å². The molecule has 27 heavy (non-hydrogen) atoms. The van der Waals surface area contributed by atoms with E-state index in [-0.39, 0.29) is 11.6 Å². The molecular weight excluding hydrogens is 529 g/mol. The Labute approximate surface area is 175 Å². The monoisotopic (exact) mass is 539 g/mol. The molecule has 0 saturated carbocycles. The molecule has 1 amide bonds. The number of rotatable bonds is 5. The van der Waals surface area contributed by atoms with Gasteiger partial charge in [0.1, 0.15) is 11.5 Å². The summed E-state index contributed by atoms with van der Waals surface area (Å²) in [4.78, 5) is 22.3. The summed E-state index contributed by atoms with van der Waals surface area (Å²) in [6.07, 6.45) is 1.38. The van der Waals surface area contributed by atoms with Crippen molar-refractivity contribution in [2.24, 2.45) is 5.10 Å². The minimum atomic E-state index is -0.467. The quantitative estimate of drug-likeness (QED) is 0.214. The third kappa shape index (κ3) is 4.80. The Morgan fingerprint density at radius 3 is 2.59 bits per heavy atom. The van der Waals surface area contributed by atoms with Gasteiger partial charge >= 0.3 is 0 Å². The average Bonchev–Trinajstić information content (AvgIpc) is 3.10. The van der Waals surface area contributed by atoms with Crippen molar-refractivity contribution in [3.8, 4) is 11.3 Å². The van der Waals surface area contributed by atoms with Crippen molar-refractivity contribution < 1.29 is 14.1 Å². The first-order valence-corrected chi connectivity index (χ1v) is 9.44. The van der Waals surface area contributed by atoms with E-state index in [4.69, 9.17) is 4.42 Å². The van der Waals surface area contributed by atoms with Gasteiger partial charge in [0, 0.05) is 31.3 Å². The van der Waals surface area contributed by atoms with Crippen LogP contribution in [0.2, 0.25) is 0 Å². The van der Waals surface area contributed by atoms with E-state index < -0.39 is 4.92 Å². The zero-order valence-electron chi connectivity index (χ0n) is 13.6. The second-order valence-electron chi connectivity index (χ2n) is 5.33. The van der Waals surface area contributed by atoms with E-state index in [1.165, 1.54) is 18.3 Å². The number of nitro groups is 1. The van der Waals surface area contributed by atoms with Crippen molar-refractivity contribution in [1.82, 2.24) is 5.43 Å². The van der Waals surface area contributed by atoms with Crippen LogP contribution in [0.1, 0.15) is 16.1 Å². The van der Waals surface area contributed by atoms with Crippen molar-refractivity contribution in [3.63, 3.8) is 0 Å². The van der Waals surface area contributed by atoms with Gasteiger partial charge in [-0.15, -0.1) is 0 Å². The number of non-ortho nitro benzene ring substituents is 1. The van der Waals surface area contributed by atoms with Crippen LogP contribution in [0.15, 0.2) is 68.6 Å². The first-order chi connectivity index (χ1) is 12.9. The number of furan rings is 1. The Morgan fingerprint density at radius 1 is 1.19 bits per heavy atom. The average molecular weight is 540 g/mol. The number of halogens is 2. The summed E-state index contributed by atoms with van der Waals surface area (Å²) in [5.74, 6) is 0.618. The Bertz CT molecular complexity index is 1030. The van der Waals surface area contributed by atoms with Crippen molar-refractivity contribution in [3.05, 3.63) is 84.1 Å². The van der Waals surface area contributed by atoms with Gasteiger partial charge in [-0.3, -0.25) is 14.9 Å². The van der Waals surface area contributed by atoms with E-state index in [0.29, 0.717) is 27.1 Å². The number of nitrogens with one attached hydrogen (secondary N) is 1. The Balaban J connectivity index is 1.69. The SMILES string of the molecule is O=C(N/N=C\c1ccc(-c2ccc([N+](=O)[O-])cc2Br)o1)c1ccc(I)cc1. The molecule has 1 N–H and O–H groups in total. The Hall–Kier alpha value is -2.53. The van der Waals surface area contributed by atoms with Gasteiger partial charge in [-0.25, -0.2) is 5.43 Å². The van der Waals surface area contributed by atoms with E-state index >= 15 is 0 Å². The first-order valence-electron chi connectivity index (χ1n) is 7.57. The van der Waals surface area contributed by atoms with Crippen LogP contribution in [0.5, 0.6) is 0 Å². The van der Waals surface area contributed by atoms with Crippen LogP contribution >= 0.6 is 38.5 Å². The number of hydrazone groups is 1.